The fraction of sp³-hybridized carbons (Fsp3) is 0.600. The van der Waals surface area contributed by atoms with Crippen LogP contribution in [0.3, 0.4) is 0 Å². The molecule has 1 heterocycles. The van der Waals surface area contributed by atoms with Gasteiger partial charge in [-0.2, -0.15) is 0 Å². The maximum Gasteiger partial charge on any atom is 0.205 e. The molecule has 1 atom stereocenters. The first-order valence-electron chi connectivity index (χ1n) is 2.79. The molecule has 0 aromatic carbocycles. The molecule has 1 aliphatic rings. The average Bonchev–Trinajstić information content (AvgIpc) is 2.10. The van der Waals surface area contributed by atoms with Crippen LogP contribution in [0.2, 0.25) is 0 Å². The third-order valence-corrected chi connectivity index (χ3v) is 1.66. The second kappa shape index (κ2) is 2.34. The molecule has 0 saturated carbocycles. The minimum Gasteiger partial charge on any atom is -0.301 e. The molecule has 0 fully saturated rings. The summed E-state index contributed by atoms with van der Waals surface area (Å²) in [6.45, 7) is 3.58. The summed E-state index contributed by atoms with van der Waals surface area (Å²) in [4.78, 5) is 4.92. The van der Waals surface area contributed by atoms with Crippen LogP contribution in [-0.4, -0.2) is 14.4 Å². The van der Waals surface area contributed by atoms with E-state index in [1.54, 1.807) is 19.9 Å². The summed E-state index contributed by atoms with van der Waals surface area (Å²) < 4.78 is 18.9. The second-order valence-electron chi connectivity index (χ2n) is 2.57. The minimum absolute atomic E-state index is 0.213. The zero-order valence-electron chi connectivity index (χ0n) is 5.75. The first kappa shape index (κ1) is 7.71. The van der Waals surface area contributed by atoms with Crippen molar-refractivity contribution in [1.29, 1.82) is 0 Å². The molecule has 0 saturated heterocycles. The zero-order chi connectivity index (χ0) is 7.78. The summed E-state index contributed by atoms with van der Waals surface area (Å²) in [6, 6.07) is 0. The molecule has 2 N–H and O–H groups in total. The smallest absolute Gasteiger partial charge is 0.205 e. The van der Waals surface area contributed by atoms with E-state index in [2.05, 4.69) is 5.48 Å². The van der Waals surface area contributed by atoms with Crippen molar-refractivity contribution in [3.63, 3.8) is 0 Å². The lowest BCUT2D eigenvalue weighted by molar-refractivity contribution is -0.0130. The van der Waals surface area contributed by atoms with Gasteiger partial charge in [0.25, 0.3) is 0 Å². The van der Waals surface area contributed by atoms with Crippen LogP contribution < -0.4 is 5.48 Å². The van der Waals surface area contributed by atoms with Crippen molar-refractivity contribution in [3.8, 4) is 0 Å². The highest BCUT2D eigenvalue weighted by atomic mass is 32.2. The Labute approximate surface area is 61.5 Å². The van der Waals surface area contributed by atoms with Gasteiger partial charge in [0, 0.05) is 0 Å². The fourth-order valence-electron chi connectivity index (χ4n) is 0.643. The summed E-state index contributed by atoms with van der Waals surface area (Å²) in [7, 11) is 0. The summed E-state index contributed by atoms with van der Waals surface area (Å²) in [5.74, 6) is 0. The molecule has 0 aromatic heterocycles. The number of rotatable bonds is 1. The Morgan fingerprint density at radius 1 is 1.80 bits per heavy atom. The number of hydrogen-bond acceptors (Lipinski definition) is 3. The highest BCUT2D eigenvalue weighted by Gasteiger charge is 2.26. The van der Waals surface area contributed by atoms with Gasteiger partial charge in [-0.05, 0) is 19.9 Å². The second-order valence-corrected chi connectivity index (χ2v) is 3.50. The molecule has 10 heavy (non-hydrogen) atoms. The number of hydroxylamine groups is 1. The van der Waals surface area contributed by atoms with Crippen molar-refractivity contribution in [2.75, 3.05) is 0 Å². The molecule has 1 rings (SSSR count). The van der Waals surface area contributed by atoms with Crippen molar-refractivity contribution in [3.05, 3.63) is 11.1 Å². The maximum atomic E-state index is 10.4. The lowest BCUT2D eigenvalue weighted by atomic mass is 10.1. The van der Waals surface area contributed by atoms with E-state index in [9.17, 15) is 4.21 Å². The fourth-order valence-corrected chi connectivity index (χ4v) is 1.14. The van der Waals surface area contributed by atoms with Gasteiger partial charge in [0.2, 0.25) is 11.1 Å². The lowest BCUT2D eigenvalue weighted by Crippen LogP contribution is -2.21. The van der Waals surface area contributed by atoms with E-state index in [0.29, 0.717) is 0 Å². The van der Waals surface area contributed by atoms with Crippen molar-refractivity contribution in [2.45, 2.75) is 19.4 Å². The third-order valence-electron chi connectivity index (χ3n) is 1.08. The first-order valence-corrected chi connectivity index (χ1v) is 3.90. The quantitative estimate of drug-likeness (QED) is 0.548. The highest BCUT2D eigenvalue weighted by Crippen LogP contribution is 2.19. The highest BCUT2D eigenvalue weighted by molar-refractivity contribution is 7.83. The predicted octanol–water partition coefficient (Wildman–Crippen LogP) is 0.363. The van der Waals surface area contributed by atoms with Crippen LogP contribution in [0.25, 0.3) is 0 Å². The summed E-state index contributed by atoms with van der Waals surface area (Å²) >= 11 is -1.96. The Bertz CT molecular complexity index is 199. The van der Waals surface area contributed by atoms with Crippen LogP contribution in [0.5, 0.6) is 0 Å². The van der Waals surface area contributed by atoms with E-state index >= 15 is 0 Å². The lowest BCUT2D eigenvalue weighted by Gasteiger charge is -2.11. The van der Waals surface area contributed by atoms with Gasteiger partial charge in [-0.3, -0.25) is 10.3 Å². The molecule has 4 nitrogen and oxygen atoms in total. The zero-order valence-corrected chi connectivity index (χ0v) is 6.57. The molecule has 0 aliphatic carbocycles. The van der Waals surface area contributed by atoms with Crippen LogP contribution >= 0.6 is 0 Å². The third kappa shape index (κ3) is 1.56. The Morgan fingerprint density at radius 2 is 2.40 bits per heavy atom. The van der Waals surface area contributed by atoms with Crippen molar-refractivity contribution >= 4 is 11.1 Å². The van der Waals surface area contributed by atoms with Gasteiger partial charge in [0.1, 0.15) is 5.60 Å². The van der Waals surface area contributed by atoms with Gasteiger partial charge in [0.05, 0.1) is 0 Å². The summed E-state index contributed by atoms with van der Waals surface area (Å²) in [6.07, 6.45) is 1.57. The first-order chi connectivity index (χ1) is 4.51. The molecule has 1 unspecified atom stereocenters. The van der Waals surface area contributed by atoms with Crippen LogP contribution in [0, 0.1) is 0 Å². The van der Waals surface area contributed by atoms with Crippen molar-refractivity contribution in [1.82, 2.24) is 5.48 Å². The molecular formula is C5H9NO3S. The van der Waals surface area contributed by atoms with Crippen LogP contribution in [0.4, 0.5) is 0 Å². The summed E-state index contributed by atoms with van der Waals surface area (Å²) in [5.41, 5.74) is 1.88. The molecule has 0 radical (unpaired) electrons. The van der Waals surface area contributed by atoms with Gasteiger partial charge in [-0.25, -0.2) is 4.21 Å². The monoisotopic (exact) mass is 163 g/mol. The molecular weight excluding hydrogens is 154 g/mol. The Kier molecular flexibility index (Phi) is 1.80. The maximum absolute atomic E-state index is 10.4. The molecule has 0 aromatic rings. The SMILES string of the molecule is CC1(C)C=C(S(=O)O)NO1. The van der Waals surface area contributed by atoms with Gasteiger partial charge < -0.3 is 4.55 Å². The minimum atomic E-state index is -1.96. The molecule has 0 amide bonds. The van der Waals surface area contributed by atoms with Gasteiger partial charge in [0.15, 0.2) is 5.03 Å². The van der Waals surface area contributed by atoms with Crippen LogP contribution in [0.1, 0.15) is 13.8 Å². The van der Waals surface area contributed by atoms with E-state index in [0.717, 1.165) is 0 Å². The predicted molar refractivity (Wildman–Crippen MR) is 37.2 cm³/mol. The van der Waals surface area contributed by atoms with E-state index in [4.69, 9.17) is 9.39 Å². The van der Waals surface area contributed by atoms with Gasteiger partial charge in [-0.15, -0.1) is 0 Å². The normalized spacial score (nSPS) is 25.3. The standard InChI is InChI=1S/C5H9NO3S/c1-5(2)3-4(6-9-5)10(7)8/h3,6H,1-2H3,(H,7,8). The topological polar surface area (TPSA) is 58.6 Å². The van der Waals surface area contributed by atoms with E-state index in [1.165, 1.54) is 0 Å². The molecule has 1 aliphatic heterocycles. The average molecular weight is 163 g/mol. The Balaban J connectivity index is 2.76. The van der Waals surface area contributed by atoms with Gasteiger partial charge in [-0.1, -0.05) is 0 Å². The molecule has 0 spiro atoms. The summed E-state index contributed by atoms with van der Waals surface area (Å²) in [5, 5.41) is 0.213. The molecule has 58 valence electrons. The van der Waals surface area contributed by atoms with Crippen molar-refractivity contribution < 1.29 is 13.6 Å². The number of nitrogens with one attached hydrogen (secondary N) is 1. The Morgan fingerprint density at radius 3 is 2.60 bits per heavy atom. The molecule has 0 bridgehead atoms. The largest absolute Gasteiger partial charge is 0.301 e. The van der Waals surface area contributed by atoms with Crippen LogP contribution in [-0.2, 0) is 15.9 Å². The number of hydrogen-bond donors (Lipinski definition) is 2. The molecule has 5 heteroatoms. The van der Waals surface area contributed by atoms with Crippen molar-refractivity contribution in [2.24, 2.45) is 0 Å². The van der Waals surface area contributed by atoms with Crippen LogP contribution in [0.15, 0.2) is 11.1 Å². The van der Waals surface area contributed by atoms with E-state index in [-0.39, 0.29) is 5.03 Å². The van der Waals surface area contributed by atoms with E-state index in [1.807, 2.05) is 0 Å². The Hall–Kier alpha value is -0.390. The van der Waals surface area contributed by atoms with E-state index < -0.39 is 16.7 Å². The van der Waals surface area contributed by atoms with Gasteiger partial charge >= 0.3 is 0 Å².